The lowest BCUT2D eigenvalue weighted by atomic mass is 9.94. The molecule has 17 heavy (non-hydrogen) atoms. The third-order valence-corrected chi connectivity index (χ3v) is 3.62. The number of fused-ring (bicyclic) bond motifs is 1. The van der Waals surface area contributed by atoms with Crippen molar-refractivity contribution in [3.05, 3.63) is 42.0 Å². The van der Waals surface area contributed by atoms with Crippen molar-refractivity contribution < 1.29 is 5.11 Å². The number of rotatable bonds is 1. The van der Waals surface area contributed by atoms with Crippen LogP contribution in [0.2, 0.25) is 0 Å². The summed E-state index contributed by atoms with van der Waals surface area (Å²) < 4.78 is 0. The number of hydrogen-bond acceptors (Lipinski definition) is 2. The second kappa shape index (κ2) is 4.38. The van der Waals surface area contributed by atoms with Crippen molar-refractivity contribution in [1.29, 1.82) is 0 Å². The molecule has 2 nitrogen and oxygen atoms in total. The first kappa shape index (κ1) is 10.6. The number of aromatic hydroxyl groups is 1. The third kappa shape index (κ3) is 1.89. The van der Waals surface area contributed by atoms with Crippen LogP contribution in [0.5, 0.6) is 5.75 Å². The summed E-state index contributed by atoms with van der Waals surface area (Å²) in [6, 6.07) is 12.5. The summed E-state index contributed by atoms with van der Waals surface area (Å²) in [7, 11) is 0. The van der Waals surface area contributed by atoms with Crippen LogP contribution >= 0.6 is 0 Å². The van der Waals surface area contributed by atoms with Gasteiger partial charge in [-0.1, -0.05) is 42.8 Å². The summed E-state index contributed by atoms with van der Waals surface area (Å²) in [5.41, 5.74) is 1.04. The van der Waals surface area contributed by atoms with E-state index in [1.807, 2.05) is 24.3 Å². The zero-order valence-corrected chi connectivity index (χ0v) is 9.82. The highest BCUT2D eigenvalue weighted by atomic mass is 16.3. The average Bonchev–Trinajstić information content (AvgIpc) is 2.40. The number of piperidine rings is 1. The van der Waals surface area contributed by atoms with Gasteiger partial charge in [-0.3, -0.25) is 0 Å². The van der Waals surface area contributed by atoms with Crippen molar-refractivity contribution in [3.8, 4) is 5.75 Å². The molecular weight excluding hydrogens is 210 g/mol. The highest BCUT2D eigenvalue weighted by molar-refractivity contribution is 5.89. The maximum Gasteiger partial charge on any atom is 0.128 e. The Balaban J connectivity index is 2.07. The Morgan fingerprint density at radius 2 is 1.94 bits per heavy atom. The Bertz CT molecular complexity index is 529. The van der Waals surface area contributed by atoms with E-state index in [0.29, 0.717) is 11.8 Å². The van der Waals surface area contributed by atoms with Gasteiger partial charge >= 0.3 is 0 Å². The van der Waals surface area contributed by atoms with Crippen LogP contribution in [0.3, 0.4) is 0 Å². The molecule has 1 atom stereocenters. The lowest BCUT2D eigenvalue weighted by Crippen LogP contribution is -2.26. The van der Waals surface area contributed by atoms with Crippen LogP contribution in [-0.2, 0) is 0 Å². The molecule has 3 rings (SSSR count). The van der Waals surface area contributed by atoms with Gasteiger partial charge in [-0.2, -0.15) is 0 Å². The molecule has 0 bridgehead atoms. The summed E-state index contributed by atoms with van der Waals surface area (Å²) >= 11 is 0. The molecule has 1 fully saturated rings. The van der Waals surface area contributed by atoms with Crippen LogP contribution < -0.4 is 5.32 Å². The first-order valence-electron chi connectivity index (χ1n) is 6.30. The van der Waals surface area contributed by atoms with E-state index in [1.54, 1.807) is 0 Å². The third-order valence-electron chi connectivity index (χ3n) is 3.62. The van der Waals surface area contributed by atoms with Gasteiger partial charge < -0.3 is 10.4 Å². The van der Waals surface area contributed by atoms with Crippen LogP contribution in [0, 0.1) is 0 Å². The van der Waals surface area contributed by atoms with E-state index in [0.717, 1.165) is 29.3 Å². The fourth-order valence-corrected chi connectivity index (χ4v) is 2.67. The van der Waals surface area contributed by atoms with E-state index in [1.165, 1.54) is 12.8 Å². The lowest BCUT2D eigenvalue weighted by molar-refractivity contribution is 0.393. The molecule has 1 heterocycles. The molecule has 2 heteroatoms. The van der Waals surface area contributed by atoms with Crippen molar-refractivity contribution in [3.63, 3.8) is 0 Å². The molecule has 0 radical (unpaired) electrons. The summed E-state index contributed by atoms with van der Waals surface area (Å²) in [5, 5.41) is 15.9. The number of benzene rings is 2. The van der Waals surface area contributed by atoms with Gasteiger partial charge in [-0.05, 0) is 24.8 Å². The van der Waals surface area contributed by atoms with Gasteiger partial charge in [0.05, 0.1) is 0 Å². The van der Waals surface area contributed by atoms with Crippen LogP contribution in [0.4, 0.5) is 0 Å². The minimum atomic E-state index is 0.313. The smallest absolute Gasteiger partial charge is 0.128 e. The maximum absolute atomic E-state index is 10.4. The van der Waals surface area contributed by atoms with Gasteiger partial charge in [0, 0.05) is 17.0 Å². The Hall–Kier alpha value is -1.54. The Morgan fingerprint density at radius 1 is 1.06 bits per heavy atom. The predicted octanol–water partition coefficient (Wildman–Crippen LogP) is 3.36. The largest absolute Gasteiger partial charge is 0.507 e. The summed E-state index contributed by atoms with van der Waals surface area (Å²) in [4.78, 5) is 0. The molecule has 2 aromatic rings. The van der Waals surface area contributed by atoms with E-state index >= 15 is 0 Å². The van der Waals surface area contributed by atoms with E-state index < -0.39 is 0 Å². The summed E-state index contributed by atoms with van der Waals surface area (Å²) in [6.45, 7) is 1.05. The van der Waals surface area contributed by atoms with Gasteiger partial charge in [-0.25, -0.2) is 0 Å². The maximum atomic E-state index is 10.4. The SMILES string of the molecule is Oc1c(C2CCCCN2)ccc2ccccc12. The van der Waals surface area contributed by atoms with Gasteiger partial charge in [-0.15, -0.1) is 0 Å². The first-order valence-corrected chi connectivity index (χ1v) is 6.30. The van der Waals surface area contributed by atoms with Crippen LogP contribution in [0.25, 0.3) is 10.8 Å². The van der Waals surface area contributed by atoms with E-state index in [-0.39, 0.29) is 0 Å². The molecule has 0 saturated carbocycles. The molecule has 88 valence electrons. The minimum absolute atomic E-state index is 0.313. The fourth-order valence-electron chi connectivity index (χ4n) is 2.67. The number of hydrogen-bond donors (Lipinski definition) is 2. The lowest BCUT2D eigenvalue weighted by Gasteiger charge is -2.25. The van der Waals surface area contributed by atoms with Crippen molar-refractivity contribution >= 4 is 10.8 Å². The summed E-state index contributed by atoms with van der Waals surface area (Å²) in [5.74, 6) is 0.447. The average molecular weight is 227 g/mol. The van der Waals surface area contributed by atoms with Crippen molar-refractivity contribution in [2.24, 2.45) is 0 Å². The number of phenolic OH excluding ortho intramolecular Hbond substituents is 1. The fraction of sp³-hybridized carbons (Fsp3) is 0.333. The number of phenols is 1. The molecule has 2 aromatic carbocycles. The predicted molar refractivity (Wildman–Crippen MR) is 70.2 cm³/mol. The Morgan fingerprint density at radius 3 is 2.76 bits per heavy atom. The van der Waals surface area contributed by atoms with Crippen LogP contribution in [0.15, 0.2) is 36.4 Å². The van der Waals surface area contributed by atoms with E-state index in [9.17, 15) is 5.11 Å². The quantitative estimate of drug-likeness (QED) is 0.783. The van der Waals surface area contributed by atoms with Crippen molar-refractivity contribution in [2.45, 2.75) is 25.3 Å². The van der Waals surface area contributed by atoms with Gasteiger partial charge in [0.15, 0.2) is 0 Å². The monoisotopic (exact) mass is 227 g/mol. The van der Waals surface area contributed by atoms with Gasteiger partial charge in [0.2, 0.25) is 0 Å². The topological polar surface area (TPSA) is 32.3 Å². The molecule has 2 N–H and O–H groups in total. The molecule has 1 aliphatic rings. The normalized spacial score (nSPS) is 20.6. The zero-order valence-electron chi connectivity index (χ0n) is 9.82. The molecule has 0 spiro atoms. The van der Waals surface area contributed by atoms with Gasteiger partial charge in [0.25, 0.3) is 0 Å². The first-order chi connectivity index (χ1) is 8.36. The Labute approximate surface area is 101 Å². The molecule has 1 unspecified atom stereocenters. The standard InChI is InChI=1S/C15H17NO/c17-15-12-6-2-1-5-11(12)8-9-13(15)14-7-3-4-10-16-14/h1-2,5-6,8-9,14,16-17H,3-4,7,10H2. The van der Waals surface area contributed by atoms with Crippen molar-refractivity contribution in [1.82, 2.24) is 5.32 Å². The molecule has 1 aliphatic heterocycles. The molecule has 0 aromatic heterocycles. The van der Waals surface area contributed by atoms with Crippen LogP contribution in [-0.4, -0.2) is 11.7 Å². The van der Waals surface area contributed by atoms with Gasteiger partial charge in [0.1, 0.15) is 5.75 Å². The second-order valence-corrected chi connectivity index (χ2v) is 4.73. The van der Waals surface area contributed by atoms with E-state index in [4.69, 9.17) is 0 Å². The van der Waals surface area contributed by atoms with E-state index in [2.05, 4.69) is 17.4 Å². The molecule has 0 amide bonds. The highest BCUT2D eigenvalue weighted by Gasteiger charge is 2.18. The minimum Gasteiger partial charge on any atom is -0.507 e. The molecule has 1 saturated heterocycles. The molecule has 0 aliphatic carbocycles. The second-order valence-electron chi connectivity index (χ2n) is 4.73. The zero-order chi connectivity index (χ0) is 11.7. The highest BCUT2D eigenvalue weighted by Crippen LogP contribution is 2.35. The number of nitrogens with one attached hydrogen (secondary N) is 1. The summed E-state index contributed by atoms with van der Waals surface area (Å²) in [6.07, 6.45) is 3.60. The Kier molecular flexibility index (Phi) is 2.73. The van der Waals surface area contributed by atoms with Crippen LogP contribution in [0.1, 0.15) is 30.9 Å². The molecular formula is C15H17NO. The van der Waals surface area contributed by atoms with Crippen molar-refractivity contribution in [2.75, 3.05) is 6.54 Å².